The maximum atomic E-state index is 11.4. The van der Waals surface area contributed by atoms with E-state index in [1.807, 2.05) is 6.92 Å². The Balaban J connectivity index is 1.67. The van der Waals surface area contributed by atoms with Crippen molar-refractivity contribution in [1.29, 1.82) is 0 Å². The second-order valence-electron chi connectivity index (χ2n) is 5.64. The van der Waals surface area contributed by atoms with Gasteiger partial charge in [-0.3, -0.25) is 4.79 Å². The van der Waals surface area contributed by atoms with E-state index < -0.39 is 11.4 Å². The van der Waals surface area contributed by atoms with E-state index in [1.54, 1.807) is 0 Å². The van der Waals surface area contributed by atoms with Gasteiger partial charge in [-0.25, -0.2) is 4.98 Å². The Hall–Kier alpha value is -1.17. The number of carboxylic acid groups (broad SMARTS) is 1. The molecule has 0 radical (unpaired) electrons. The van der Waals surface area contributed by atoms with Gasteiger partial charge in [0, 0.05) is 30.5 Å². The molecule has 1 N–H and O–H groups in total. The van der Waals surface area contributed by atoms with Crippen molar-refractivity contribution in [2.75, 3.05) is 18.0 Å². The third-order valence-electron chi connectivity index (χ3n) is 4.50. The van der Waals surface area contributed by atoms with Crippen LogP contribution in [0.4, 0.5) is 5.13 Å². The highest BCUT2D eigenvalue weighted by Gasteiger charge is 2.40. The molecule has 6 heteroatoms. The molecule has 2 fully saturated rings. The SMILES string of the molecule is CCC1(C(=O)O)CCN(c2nc(C3CC3)ns2)CC1. The smallest absolute Gasteiger partial charge is 0.309 e. The zero-order valence-electron chi connectivity index (χ0n) is 11.1. The minimum atomic E-state index is -0.648. The number of aliphatic carboxylic acids is 1. The fraction of sp³-hybridized carbons (Fsp3) is 0.769. The predicted molar refractivity (Wildman–Crippen MR) is 73.7 cm³/mol. The van der Waals surface area contributed by atoms with E-state index in [0.29, 0.717) is 25.2 Å². The number of rotatable bonds is 4. The number of piperidine rings is 1. The predicted octanol–water partition coefficient (Wildman–Crippen LogP) is 2.50. The first-order valence-corrected chi connectivity index (χ1v) is 7.74. The highest BCUT2D eigenvalue weighted by Crippen LogP contribution is 2.41. The van der Waals surface area contributed by atoms with Gasteiger partial charge in [0.2, 0.25) is 5.13 Å². The molecule has 0 unspecified atom stereocenters. The third kappa shape index (κ3) is 2.33. The van der Waals surface area contributed by atoms with E-state index in [0.717, 1.165) is 24.0 Å². The van der Waals surface area contributed by atoms with Crippen LogP contribution in [0.15, 0.2) is 0 Å². The van der Waals surface area contributed by atoms with Crippen LogP contribution >= 0.6 is 11.5 Å². The van der Waals surface area contributed by atoms with Gasteiger partial charge in [-0.1, -0.05) is 6.92 Å². The van der Waals surface area contributed by atoms with Crippen LogP contribution in [0.1, 0.15) is 50.8 Å². The maximum Gasteiger partial charge on any atom is 0.309 e. The number of hydrogen-bond acceptors (Lipinski definition) is 5. The van der Waals surface area contributed by atoms with Gasteiger partial charge in [-0.2, -0.15) is 4.37 Å². The summed E-state index contributed by atoms with van der Waals surface area (Å²) < 4.78 is 4.42. The normalized spacial score (nSPS) is 22.5. The summed E-state index contributed by atoms with van der Waals surface area (Å²) in [5, 5.41) is 10.4. The summed E-state index contributed by atoms with van der Waals surface area (Å²) in [4.78, 5) is 18.2. The van der Waals surface area contributed by atoms with Crippen molar-refractivity contribution < 1.29 is 9.90 Å². The molecule has 5 nitrogen and oxygen atoms in total. The molecule has 0 atom stereocenters. The number of aromatic nitrogens is 2. The van der Waals surface area contributed by atoms with Crippen LogP contribution < -0.4 is 4.90 Å². The molecule has 2 aliphatic rings. The lowest BCUT2D eigenvalue weighted by Crippen LogP contribution is -2.44. The van der Waals surface area contributed by atoms with E-state index >= 15 is 0 Å². The molecule has 1 aromatic rings. The molecule has 19 heavy (non-hydrogen) atoms. The Morgan fingerprint density at radius 3 is 2.68 bits per heavy atom. The van der Waals surface area contributed by atoms with Gasteiger partial charge in [0.05, 0.1) is 5.41 Å². The average Bonchev–Trinajstić information content (AvgIpc) is 3.17. The van der Waals surface area contributed by atoms with E-state index in [9.17, 15) is 9.90 Å². The number of carboxylic acids is 1. The summed E-state index contributed by atoms with van der Waals surface area (Å²) in [5.74, 6) is 0.930. The molecule has 2 heterocycles. The van der Waals surface area contributed by atoms with Crippen molar-refractivity contribution in [1.82, 2.24) is 9.36 Å². The van der Waals surface area contributed by atoms with Crippen LogP contribution in [0, 0.1) is 5.41 Å². The first-order chi connectivity index (χ1) is 9.14. The van der Waals surface area contributed by atoms with Crippen LogP contribution in [0.3, 0.4) is 0 Å². The zero-order chi connectivity index (χ0) is 13.5. The molecule has 0 aromatic carbocycles. The lowest BCUT2D eigenvalue weighted by atomic mass is 9.76. The zero-order valence-corrected chi connectivity index (χ0v) is 11.9. The molecule has 1 aromatic heterocycles. The summed E-state index contributed by atoms with van der Waals surface area (Å²) in [6, 6.07) is 0. The van der Waals surface area contributed by atoms with E-state index in [4.69, 9.17) is 0 Å². The van der Waals surface area contributed by atoms with Crippen LogP contribution in [-0.4, -0.2) is 33.5 Å². The summed E-state index contributed by atoms with van der Waals surface area (Å²) in [6.45, 7) is 3.53. The lowest BCUT2D eigenvalue weighted by molar-refractivity contribution is -0.150. The van der Waals surface area contributed by atoms with Crippen molar-refractivity contribution in [3.05, 3.63) is 5.82 Å². The Kier molecular flexibility index (Phi) is 3.20. The van der Waals surface area contributed by atoms with Gasteiger partial charge in [0.1, 0.15) is 5.82 Å². The molecular formula is C13H19N3O2S. The van der Waals surface area contributed by atoms with E-state index in [1.165, 1.54) is 24.4 Å². The van der Waals surface area contributed by atoms with Gasteiger partial charge in [0.25, 0.3) is 0 Å². The Labute approximate surface area is 116 Å². The largest absolute Gasteiger partial charge is 0.481 e. The van der Waals surface area contributed by atoms with Crippen molar-refractivity contribution in [2.24, 2.45) is 5.41 Å². The standard InChI is InChI=1S/C13H19N3O2S/c1-2-13(11(17)18)5-7-16(8-6-13)12-14-10(15-19-12)9-3-4-9/h9H,2-8H2,1H3,(H,17,18). The highest BCUT2D eigenvalue weighted by molar-refractivity contribution is 7.09. The van der Waals surface area contributed by atoms with Crippen LogP contribution in [0.5, 0.6) is 0 Å². The summed E-state index contributed by atoms with van der Waals surface area (Å²) >= 11 is 1.46. The second kappa shape index (κ2) is 4.74. The first-order valence-electron chi connectivity index (χ1n) is 6.96. The van der Waals surface area contributed by atoms with E-state index in [2.05, 4.69) is 14.3 Å². The maximum absolute atomic E-state index is 11.4. The molecule has 3 rings (SSSR count). The molecule has 0 spiro atoms. The minimum Gasteiger partial charge on any atom is -0.481 e. The number of carbonyl (C=O) groups is 1. The van der Waals surface area contributed by atoms with Crippen molar-refractivity contribution in [3.8, 4) is 0 Å². The van der Waals surface area contributed by atoms with Gasteiger partial charge < -0.3 is 10.0 Å². The molecule has 0 bridgehead atoms. The van der Waals surface area contributed by atoms with Crippen molar-refractivity contribution in [2.45, 2.75) is 44.9 Å². The summed E-state index contributed by atoms with van der Waals surface area (Å²) in [6.07, 6.45) is 4.55. The van der Waals surface area contributed by atoms with Crippen LogP contribution in [0.25, 0.3) is 0 Å². The molecular weight excluding hydrogens is 262 g/mol. The number of anilines is 1. The Morgan fingerprint density at radius 1 is 1.47 bits per heavy atom. The van der Waals surface area contributed by atoms with Gasteiger partial charge in [0.15, 0.2) is 0 Å². The third-order valence-corrected chi connectivity index (χ3v) is 5.29. The highest BCUT2D eigenvalue weighted by atomic mass is 32.1. The quantitative estimate of drug-likeness (QED) is 0.918. The molecule has 104 valence electrons. The van der Waals surface area contributed by atoms with Gasteiger partial charge in [-0.15, -0.1) is 0 Å². The minimum absolute atomic E-state index is 0.527. The topological polar surface area (TPSA) is 66.3 Å². The molecule has 1 saturated carbocycles. The Morgan fingerprint density at radius 2 is 2.16 bits per heavy atom. The fourth-order valence-corrected chi connectivity index (χ4v) is 3.50. The first kappa shape index (κ1) is 12.8. The molecule has 1 aliphatic carbocycles. The van der Waals surface area contributed by atoms with Crippen molar-refractivity contribution in [3.63, 3.8) is 0 Å². The number of nitrogens with zero attached hydrogens (tertiary/aromatic N) is 3. The monoisotopic (exact) mass is 281 g/mol. The fourth-order valence-electron chi connectivity index (χ4n) is 2.71. The van der Waals surface area contributed by atoms with Crippen LogP contribution in [-0.2, 0) is 4.79 Å². The van der Waals surface area contributed by atoms with Crippen molar-refractivity contribution >= 4 is 22.6 Å². The van der Waals surface area contributed by atoms with E-state index in [-0.39, 0.29) is 0 Å². The lowest BCUT2D eigenvalue weighted by Gasteiger charge is -2.38. The molecule has 0 amide bonds. The average molecular weight is 281 g/mol. The molecule has 1 saturated heterocycles. The summed E-state index contributed by atoms with van der Waals surface area (Å²) in [5.41, 5.74) is -0.527. The Bertz CT molecular complexity index is 476. The second-order valence-corrected chi connectivity index (χ2v) is 6.37. The molecule has 1 aliphatic heterocycles. The summed E-state index contributed by atoms with van der Waals surface area (Å²) in [7, 11) is 0. The van der Waals surface area contributed by atoms with Crippen LogP contribution in [0.2, 0.25) is 0 Å². The van der Waals surface area contributed by atoms with Gasteiger partial charge in [-0.05, 0) is 32.1 Å². The number of hydrogen-bond donors (Lipinski definition) is 1. The van der Waals surface area contributed by atoms with Gasteiger partial charge >= 0.3 is 5.97 Å².